The zero-order valence-electron chi connectivity index (χ0n) is 14.9. The third-order valence-electron chi connectivity index (χ3n) is 4.79. The van der Waals surface area contributed by atoms with Crippen LogP contribution in [0.5, 0.6) is 0 Å². The van der Waals surface area contributed by atoms with Crippen LogP contribution in [0.25, 0.3) is 0 Å². The number of hydrogen-bond acceptors (Lipinski definition) is 5. The maximum absolute atomic E-state index is 11.8. The van der Waals surface area contributed by atoms with Gasteiger partial charge in [0.1, 0.15) is 5.56 Å². The van der Waals surface area contributed by atoms with E-state index in [1.807, 2.05) is 14.1 Å². The van der Waals surface area contributed by atoms with Crippen LogP contribution in [0.3, 0.4) is 0 Å². The molecular weight excluding hydrogens is 352 g/mol. The van der Waals surface area contributed by atoms with E-state index in [0.717, 1.165) is 18.5 Å². The lowest BCUT2D eigenvalue weighted by atomic mass is 9.89. The normalized spacial score (nSPS) is 20.4. The molecule has 0 saturated heterocycles. The van der Waals surface area contributed by atoms with Gasteiger partial charge in [-0.15, -0.1) is 0 Å². The fourth-order valence-corrected chi connectivity index (χ4v) is 3.37. The first-order valence-corrected chi connectivity index (χ1v) is 8.88. The van der Waals surface area contributed by atoms with Crippen molar-refractivity contribution in [2.45, 2.75) is 31.3 Å². The van der Waals surface area contributed by atoms with E-state index < -0.39 is 5.91 Å². The highest BCUT2D eigenvalue weighted by Crippen LogP contribution is 2.30. The fourth-order valence-electron chi connectivity index (χ4n) is 3.24. The Morgan fingerprint density at radius 1 is 1.35 bits per heavy atom. The molecule has 1 heterocycles. The predicted octanol–water partition coefficient (Wildman–Crippen LogP) is 3.05. The molecule has 4 N–H and O–H groups in total. The average molecular weight is 375 g/mol. The number of nitrogens with one attached hydrogen (secondary N) is 2. The lowest BCUT2D eigenvalue weighted by Gasteiger charge is -2.33. The van der Waals surface area contributed by atoms with Crippen LogP contribution in [-0.2, 0) is 0 Å². The summed E-state index contributed by atoms with van der Waals surface area (Å²) in [7, 11) is 4.07. The number of carbonyl (C=O) groups is 1. The molecule has 138 valence electrons. The monoisotopic (exact) mass is 374 g/mol. The molecule has 1 amide bonds. The lowest BCUT2D eigenvalue weighted by molar-refractivity contribution is 0.100. The van der Waals surface area contributed by atoms with Crippen LogP contribution in [0, 0.1) is 5.41 Å². The van der Waals surface area contributed by atoms with Crippen molar-refractivity contribution in [1.82, 2.24) is 14.7 Å². The Kier molecular flexibility index (Phi) is 5.29. The smallest absolute Gasteiger partial charge is 0.254 e. The van der Waals surface area contributed by atoms with Crippen molar-refractivity contribution >= 4 is 34.7 Å². The molecule has 1 saturated carbocycles. The van der Waals surface area contributed by atoms with Crippen molar-refractivity contribution in [1.29, 1.82) is 5.41 Å². The molecule has 1 fully saturated rings. The van der Waals surface area contributed by atoms with Gasteiger partial charge in [-0.2, -0.15) is 5.10 Å². The molecule has 1 aromatic heterocycles. The van der Waals surface area contributed by atoms with E-state index in [1.165, 1.54) is 0 Å². The summed E-state index contributed by atoms with van der Waals surface area (Å²) in [5, 5.41) is 16.7. The Morgan fingerprint density at radius 2 is 2.04 bits per heavy atom. The number of amides is 1. The van der Waals surface area contributed by atoms with E-state index in [4.69, 9.17) is 22.7 Å². The first-order valence-electron chi connectivity index (χ1n) is 8.50. The predicted molar refractivity (Wildman–Crippen MR) is 104 cm³/mol. The molecule has 26 heavy (non-hydrogen) atoms. The molecule has 7 nitrogen and oxygen atoms in total. The maximum atomic E-state index is 11.8. The minimum Gasteiger partial charge on any atom is -0.365 e. The van der Waals surface area contributed by atoms with Gasteiger partial charge in [0.25, 0.3) is 5.91 Å². The number of halogens is 1. The fraction of sp³-hybridized carbons (Fsp3) is 0.389. The summed E-state index contributed by atoms with van der Waals surface area (Å²) in [6, 6.07) is 7.33. The number of aromatic nitrogens is 2. The van der Waals surface area contributed by atoms with E-state index >= 15 is 0 Å². The van der Waals surface area contributed by atoms with Gasteiger partial charge in [0.2, 0.25) is 0 Å². The third kappa shape index (κ3) is 3.89. The number of benzene rings is 1. The van der Waals surface area contributed by atoms with Gasteiger partial charge in [0, 0.05) is 35.1 Å². The number of rotatable bonds is 5. The highest BCUT2D eigenvalue weighted by atomic mass is 35.5. The number of nitrogens with zero attached hydrogens (tertiary/aromatic N) is 3. The van der Waals surface area contributed by atoms with Crippen molar-refractivity contribution in [2.75, 3.05) is 19.4 Å². The van der Waals surface area contributed by atoms with Gasteiger partial charge in [-0.05, 0) is 51.2 Å². The quantitative estimate of drug-likeness (QED) is 0.748. The van der Waals surface area contributed by atoms with Gasteiger partial charge in [-0.25, -0.2) is 0 Å². The largest absolute Gasteiger partial charge is 0.365 e. The number of nitrogens with two attached hydrogens (primary N) is 1. The second-order valence-electron chi connectivity index (χ2n) is 6.81. The molecule has 1 aliphatic rings. The first kappa shape index (κ1) is 18.4. The molecule has 2 atom stereocenters. The lowest BCUT2D eigenvalue weighted by Crippen LogP contribution is -2.38. The minimum absolute atomic E-state index is 0.148. The number of carbonyl (C=O) groups excluding carboxylic acids is 1. The molecule has 1 aromatic carbocycles. The van der Waals surface area contributed by atoms with Gasteiger partial charge < -0.3 is 21.4 Å². The van der Waals surface area contributed by atoms with Gasteiger partial charge in [0.05, 0.1) is 6.04 Å². The number of primary amides is 1. The summed E-state index contributed by atoms with van der Waals surface area (Å²) >= 11 is 5.90. The molecule has 0 bridgehead atoms. The zero-order chi connectivity index (χ0) is 18.8. The SMILES string of the molecule is CN(C)[C@H]1CC[C@H](n2cc(C(N)=O)c(Nc3ccc(Cl)cc3)n2)C(=N)C1. The van der Waals surface area contributed by atoms with E-state index in [9.17, 15) is 4.79 Å². The van der Waals surface area contributed by atoms with E-state index in [-0.39, 0.29) is 6.04 Å². The second-order valence-corrected chi connectivity index (χ2v) is 7.24. The molecule has 1 aliphatic carbocycles. The summed E-state index contributed by atoms with van der Waals surface area (Å²) < 4.78 is 1.69. The third-order valence-corrected chi connectivity index (χ3v) is 5.04. The van der Waals surface area contributed by atoms with Crippen molar-refractivity contribution in [3.05, 3.63) is 41.0 Å². The van der Waals surface area contributed by atoms with Crippen molar-refractivity contribution < 1.29 is 4.79 Å². The Morgan fingerprint density at radius 3 is 2.62 bits per heavy atom. The molecule has 2 aromatic rings. The Labute approximate surface area is 157 Å². The van der Waals surface area contributed by atoms with Crippen LogP contribution >= 0.6 is 11.6 Å². The van der Waals surface area contributed by atoms with E-state index in [0.29, 0.717) is 34.6 Å². The Bertz CT molecular complexity index is 814. The Balaban J connectivity index is 1.84. The van der Waals surface area contributed by atoms with Gasteiger partial charge in [-0.3, -0.25) is 9.48 Å². The maximum Gasteiger partial charge on any atom is 0.254 e. The van der Waals surface area contributed by atoms with Crippen LogP contribution in [0.4, 0.5) is 11.5 Å². The molecule has 8 heteroatoms. The molecule has 0 aliphatic heterocycles. The van der Waals surface area contributed by atoms with Crippen molar-refractivity contribution in [3.8, 4) is 0 Å². The molecule has 0 unspecified atom stereocenters. The summed E-state index contributed by atoms with van der Waals surface area (Å²) in [6.45, 7) is 0. The standard InChI is InChI=1S/C18H23ClN6O/c1-24(2)13-7-8-16(15(20)9-13)25-10-14(17(21)26)18(23-25)22-12-5-3-11(19)4-6-12/h3-6,10,13,16,20H,7-9H2,1-2H3,(H2,21,26)(H,22,23)/t13-,16-/m0/s1. The van der Waals surface area contributed by atoms with Crippen LogP contribution in [0.2, 0.25) is 5.02 Å². The van der Waals surface area contributed by atoms with Gasteiger partial charge in [0.15, 0.2) is 5.82 Å². The zero-order valence-corrected chi connectivity index (χ0v) is 15.6. The molecular formula is C18H23ClN6O. The molecule has 0 radical (unpaired) electrons. The Hall–Kier alpha value is -2.38. The second kappa shape index (κ2) is 7.47. The van der Waals surface area contributed by atoms with Gasteiger partial charge >= 0.3 is 0 Å². The van der Waals surface area contributed by atoms with Gasteiger partial charge in [-0.1, -0.05) is 11.6 Å². The van der Waals surface area contributed by atoms with Crippen LogP contribution < -0.4 is 11.1 Å². The highest BCUT2D eigenvalue weighted by molar-refractivity contribution is 6.30. The van der Waals surface area contributed by atoms with E-state index in [1.54, 1.807) is 35.1 Å². The topological polar surface area (TPSA) is 100 Å². The summed E-state index contributed by atoms with van der Waals surface area (Å²) in [6.07, 6.45) is 4.12. The summed E-state index contributed by atoms with van der Waals surface area (Å²) in [4.78, 5) is 14.0. The number of anilines is 2. The summed E-state index contributed by atoms with van der Waals surface area (Å²) in [5.74, 6) is -0.163. The van der Waals surface area contributed by atoms with Crippen LogP contribution in [0.1, 0.15) is 35.7 Å². The summed E-state index contributed by atoms with van der Waals surface area (Å²) in [5.41, 5.74) is 7.20. The molecule has 0 spiro atoms. The van der Waals surface area contributed by atoms with Crippen molar-refractivity contribution in [3.63, 3.8) is 0 Å². The molecule has 3 rings (SSSR count). The van der Waals surface area contributed by atoms with E-state index in [2.05, 4.69) is 15.3 Å². The first-order chi connectivity index (χ1) is 12.3. The highest BCUT2D eigenvalue weighted by Gasteiger charge is 2.30. The van der Waals surface area contributed by atoms with Crippen molar-refractivity contribution in [2.24, 2.45) is 5.73 Å². The number of hydrogen-bond donors (Lipinski definition) is 3. The van der Waals surface area contributed by atoms with Crippen LogP contribution in [0.15, 0.2) is 30.5 Å². The van der Waals surface area contributed by atoms with Crippen LogP contribution in [-0.4, -0.2) is 46.4 Å². The average Bonchev–Trinajstić information content (AvgIpc) is 3.00. The minimum atomic E-state index is -0.554.